The summed E-state index contributed by atoms with van der Waals surface area (Å²) < 4.78 is 22.4. The average molecular weight is 2210 g/mol. The Kier molecular flexibility index (Phi) is 200. The van der Waals surface area contributed by atoms with Gasteiger partial charge in [0.25, 0.3) is 11.9 Å². The summed E-state index contributed by atoms with van der Waals surface area (Å²) in [6, 6.07) is 74.9. The third-order valence-corrected chi connectivity index (χ3v) is 13.8. The van der Waals surface area contributed by atoms with E-state index >= 15 is 0 Å². The maximum Gasteiger partial charge on any atom is 0.331 e. The Bertz CT molecular complexity index is 3520. The first-order valence-electron chi connectivity index (χ1n) is 46.2. The molecule has 3 aliphatic heterocycles. The van der Waals surface area contributed by atoms with Gasteiger partial charge in [0.05, 0.1) is 14.2 Å². The first-order valence-corrected chi connectivity index (χ1v) is 47.4. The summed E-state index contributed by atoms with van der Waals surface area (Å²) in [6.07, 6.45) is 5.02. The summed E-state index contributed by atoms with van der Waals surface area (Å²) in [6.45, 7) is 48.0. The number of nitrogens with two attached hydrogens (primary N) is 4. The number of rotatable bonds is 12. The van der Waals surface area contributed by atoms with Crippen LogP contribution in [-0.4, -0.2) is 203 Å². The van der Waals surface area contributed by atoms with Gasteiger partial charge >= 0.3 is 36.0 Å². The van der Waals surface area contributed by atoms with Crippen molar-refractivity contribution in [3.63, 3.8) is 0 Å². The SMILES string of the molecule is C.C.C.C.C.CC.CC.CC.CC.CC.CC.CC.CC.CC(=O)O.CC(=O)O.CCC(C)I.CCCC.CCO.CCO.CNc1ccccc1.CO.COCC(=O)O.COCC(=O)OC.COCC(=O)OC.Nc1ccccc1.Nc1ccccc1.Nc1ccccc1.Nc1ccccc1.O=C1CCN(c2ccccc2)C(=O)N1.O=C1CCN(c2ccccc2)C(=O)N1.O=C1CCN(c2ccccc2)C(=O)N1.[V]. The minimum absolute atomic E-state index is 0. The molecule has 0 bridgehead atoms. The fourth-order valence-corrected chi connectivity index (χ4v) is 7.15. The van der Waals surface area contributed by atoms with Gasteiger partial charge in [0.1, 0.15) is 19.8 Å². The number of aliphatic hydroxyl groups is 3. The monoisotopic (exact) mass is 2210 g/mol. The van der Waals surface area contributed by atoms with Crippen molar-refractivity contribution < 1.29 is 126 Å². The van der Waals surface area contributed by atoms with E-state index in [1.54, 1.807) is 28.5 Å². The van der Waals surface area contributed by atoms with Crippen LogP contribution in [0.4, 0.5) is 59.9 Å². The van der Waals surface area contributed by atoms with E-state index in [-0.39, 0.29) is 136 Å². The molecule has 145 heavy (non-hydrogen) atoms. The zero-order valence-electron chi connectivity index (χ0n) is 89.8. The van der Waals surface area contributed by atoms with E-state index in [9.17, 15) is 43.2 Å². The number of hydrogen-bond donors (Lipinski definition) is 14. The van der Waals surface area contributed by atoms with Gasteiger partial charge in [-0.1, -0.05) is 357 Å². The zero-order valence-corrected chi connectivity index (χ0v) is 93.3. The van der Waals surface area contributed by atoms with Gasteiger partial charge in [0.15, 0.2) is 0 Å². The number of amides is 9. The molecule has 839 valence electrons. The molecular weight excluding hydrogens is 2010 g/mol. The molecule has 3 aliphatic rings. The molecule has 3 fully saturated rings. The normalized spacial score (nSPS) is 9.80. The maximum absolute atomic E-state index is 11.4. The van der Waals surface area contributed by atoms with Crippen LogP contribution in [0.25, 0.3) is 0 Å². The van der Waals surface area contributed by atoms with E-state index in [1.807, 2.05) is 360 Å². The molecule has 1 radical (unpaired) electrons. The molecule has 0 saturated carbocycles. The number of nitrogens with one attached hydrogen (secondary N) is 4. The van der Waals surface area contributed by atoms with Crippen molar-refractivity contribution >= 4 is 134 Å². The number of methoxy groups -OCH3 is 5. The second-order valence-corrected chi connectivity index (χ2v) is 25.4. The van der Waals surface area contributed by atoms with Crippen molar-refractivity contribution in [1.82, 2.24) is 16.0 Å². The van der Waals surface area contributed by atoms with Crippen LogP contribution in [0.15, 0.2) is 243 Å². The maximum atomic E-state index is 11.4. The predicted octanol–water partition coefficient (Wildman–Crippen LogP) is 24.7. The number of carbonyl (C=O) groups is 11. The molecule has 11 rings (SSSR count). The number of alkyl halides is 1. The number of imide groups is 3. The minimum atomic E-state index is -0.933. The minimum Gasteiger partial charge on any atom is -0.481 e. The first kappa shape index (κ1) is 185. The molecule has 33 nitrogen and oxygen atoms in total. The summed E-state index contributed by atoms with van der Waals surface area (Å²) >= 11 is 2.41. The van der Waals surface area contributed by atoms with Gasteiger partial charge in [-0.25, -0.2) is 28.8 Å². The van der Waals surface area contributed by atoms with Crippen molar-refractivity contribution in [1.29, 1.82) is 0 Å². The number of nitrogen functional groups attached to an aromatic ring is 4. The molecule has 9 amide bonds. The second kappa shape index (κ2) is 157. The molecule has 8 aromatic carbocycles. The van der Waals surface area contributed by atoms with E-state index in [1.165, 1.54) is 54.8 Å². The Hall–Kier alpha value is -12.0. The summed E-state index contributed by atoms with van der Waals surface area (Å²) in [5.74, 6) is -3.91. The van der Waals surface area contributed by atoms with Gasteiger partial charge in [-0.3, -0.25) is 54.6 Å². The molecule has 35 heteroatoms. The number of ether oxygens (including phenoxy) is 5. The number of aliphatic carboxylic acids is 3. The molecule has 0 aromatic heterocycles. The van der Waals surface area contributed by atoms with Crippen LogP contribution in [0.2, 0.25) is 0 Å². The van der Waals surface area contributed by atoms with Crippen LogP contribution < -0.4 is 58.9 Å². The van der Waals surface area contributed by atoms with Gasteiger partial charge in [0, 0.05) is 169 Å². The van der Waals surface area contributed by atoms with Crippen LogP contribution in [0.5, 0.6) is 0 Å². The molecule has 1 unspecified atom stereocenters. The Morgan fingerprint density at radius 3 is 0.607 bits per heavy atom. The second-order valence-electron chi connectivity index (χ2n) is 23.2. The number of hydrogen-bond acceptors (Lipinski definition) is 24. The largest absolute Gasteiger partial charge is 0.481 e. The Labute approximate surface area is 903 Å². The average Bonchev–Trinajstić information content (AvgIpc) is 0.855. The van der Waals surface area contributed by atoms with E-state index in [0.717, 1.165) is 70.4 Å². The number of benzene rings is 8. The van der Waals surface area contributed by atoms with Gasteiger partial charge in [-0.15, -0.1) is 0 Å². The third-order valence-electron chi connectivity index (χ3n) is 12.9. The fraction of sp³-hybridized carbons (Fsp3) is 0.464. The van der Waals surface area contributed by atoms with Crippen LogP contribution in [0, 0.1) is 0 Å². The summed E-state index contributed by atoms with van der Waals surface area (Å²) in [5, 5.41) is 54.6. The van der Waals surface area contributed by atoms with Crippen LogP contribution in [0.1, 0.15) is 242 Å². The van der Waals surface area contributed by atoms with Gasteiger partial charge in [0.2, 0.25) is 17.7 Å². The van der Waals surface area contributed by atoms with Crippen molar-refractivity contribution in [2.24, 2.45) is 0 Å². The number of para-hydroxylation sites is 8. The van der Waals surface area contributed by atoms with Crippen LogP contribution in [-0.2, 0) is 80.6 Å². The van der Waals surface area contributed by atoms with Crippen molar-refractivity contribution in [3.8, 4) is 0 Å². The molecule has 8 aromatic rings. The fourth-order valence-electron chi connectivity index (χ4n) is 7.15. The van der Waals surface area contributed by atoms with Gasteiger partial charge < -0.3 is 82.6 Å². The number of urea groups is 3. The molecule has 3 saturated heterocycles. The Morgan fingerprint density at radius 1 is 0.359 bits per heavy atom. The van der Waals surface area contributed by atoms with Crippen molar-refractivity contribution in [2.45, 2.75) is 246 Å². The number of nitrogens with zero attached hydrogens (tertiary/aromatic N) is 3. The molecule has 1 atom stereocenters. The third kappa shape index (κ3) is 152. The quantitative estimate of drug-likeness (QED) is 0.0234. The number of anilines is 8. The van der Waals surface area contributed by atoms with Crippen LogP contribution in [0.3, 0.4) is 0 Å². The number of carboxylic acids is 3. The number of aliphatic hydroxyl groups excluding tert-OH is 3. The zero-order chi connectivity index (χ0) is 111. The predicted molar refractivity (Wildman–Crippen MR) is 622 cm³/mol. The molecule has 0 spiro atoms. The number of carboxylic acid groups (broad SMARTS) is 3. The standard InChI is InChI=1S/3C10H10N2O2.C7H9N.4C6H7N.C4H9I.2C4H8O3.C4H10.C3H6O3.2C2H4O2.2C2H6O.8C2H6.CH4O.5CH4.V/c3*13-9-6-7-12(10(14)11-9)8-4-2-1-3-5-8;1-8-7-5-3-2-4-6-7;4*7-6-4-2-1-3-5-6;1-3-4(2)5;2*1-6-3-4(5)7-2;1-3-4-2;1-6-2-3(4)5;2*1-2(3)4;2*1-2-3;9*1-2;;;;;;/h3*1-5H,6-7H2,(H,11,13,14);2-6,8H,1H3;4*1-5H,7H2;4H,3H2,1-2H3;2*3H2,1-2H3;3-4H2,1-2H3;2H2,1H3,(H,4,5);2*1H3,(H,3,4);2*3H,2H2,1H3;8*1-2H3;2H,1H3;5*1H4;. The van der Waals surface area contributed by atoms with Crippen molar-refractivity contribution in [2.75, 3.05) is 145 Å². The number of esters is 2. The summed E-state index contributed by atoms with van der Waals surface area (Å²) in [4.78, 5) is 119. The Balaban J connectivity index is -0.0000000595. The van der Waals surface area contributed by atoms with E-state index < -0.39 is 17.9 Å². The van der Waals surface area contributed by atoms with Crippen LogP contribution >= 0.6 is 22.6 Å². The molecular formula is C110H200IN11O22V. The first-order chi connectivity index (χ1) is 66.7. The molecule has 18 N–H and O–H groups in total. The summed E-state index contributed by atoms with van der Waals surface area (Å²) in [5.41, 5.74) is 28.3. The number of halogens is 1. The smallest absolute Gasteiger partial charge is 0.331 e. The van der Waals surface area contributed by atoms with Gasteiger partial charge in [-0.05, 0) is 117 Å². The molecule has 3 heterocycles. The van der Waals surface area contributed by atoms with Gasteiger partial charge in [-0.2, -0.15) is 0 Å². The van der Waals surface area contributed by atoms with E-state index in [2.05, 4.69) is 95.2 Å². The number of carbonyl (C=O) groups excluding carboxylic acids is 8. The Morgan fingerprint density at radius 2 is 0.517 bits per heavy atom. The van der Waals surface area contributed by atoms with E-state index in [0.29, 0.717) is 38.9 Å². The molecule has 0 aliphatic carbocycles. The topological polar surface area (TPSA) is 517 Å². The number of unbranched alkanes of at least 4 members (excludes halogenated alkanes) is 1. The summed E-state index contributed by atoms with van der Waals surface area (Å²) in [7, 11) is 9.78. The van der Waals surface area contributed by atoms with E-state index in [4.69, 9.17) is 63.2 Å². The van der Waals surface area contributed by atoms with Crippen molar-refractivity contribution in [3.05, 3.63) is 243 Å².